The summed E-state index contributed by atoms with van der Waals surface area (Å²) in [7, 11) is 2.89. The molecule has 3 rings (SSSR count). The summed E-state index contributed by atoms with van der Waals surface area (Å²) in [4.78, 5) is 24.9. The van der Waals surface area contributed by atoms with Crippen LogP contribution in [0.1, 0.15) is 46.4 Å². The van der Waals surface area contributed by atoms with Gasteiger partial charge in [0.15, 0.2) is 11.5 Å². The second-order valence-corrected chi connectivity index (χ2v) is 6.50. The van der Waals surface area contributed by atoms with E-state index in [1.807, 2.05) is 19.9 Å². The molecule has 3 aromatic rings. The summed E-state index contributed by atoms with van der Waals surface area (Å²) in [5.74, 6) is -0.396. The maximum Gasteiger partial charge on any atom is 0.358 e. The highest BCUT2D eigenvalue weighted by Crippen LogP contribution is 2.23. The second kappa shape index (κ2) is 7.59. The van der Waals surface area contributed by atoms with Crippen LogP contribution in [0.15, 0.2) is 24.3 Å². The lowest BCUT2D eigenvalue weighted by Gasteiger charge is -2.10. The molecule has 10 heteroatoms. The first-order valence-electron chi connectivity index (χ1n) is 8.65. The molecule has 10 nitrogen and oxygen atoms in total. The molecular weight excluding hydrogens is 362 g/mol. The first kappa shape index (κ1) is 19.2. The Hall–Kier alpha value is -3.56. The Morgan fingerprint density at radius 3 is 2.68 bits per heavy atom. The van der Waals surface area contributed by atoms with Crippen molar-refractivity contribution in [1.29, 1.82) is 0 Å². The fourth-order valence-electron chi connectivity index (χ4n) is 2.86. The first-order valence-corrected chi connectivity index (χ1v) is 8.65. The maximum atomic E-state index is 12.8. The molecule has 0 bridgehead atoms. The van der Waals surface area contributed by atoms with Crippen LogP contribution in [0.3, 0.4) is 0 Å². The van der Waals surface area contributed by atoms with Crippen molar-refractivity contribution in [1.82, 2.24) is 30.0 Å². The van der Waals surface area contributed by atoms with Gasteiger partial charge < -0.3 is 10.1 Å². The highest BCUT2D eigenvalue weighted by molar-refractivity contribution is 6.08. The maximum absolute atomic E-state index is 12.8. The summed E-state index contributed by atoms with van der Waals surface area (Å²) in [6.45, 7) is 5.64. The summed E-state index contributed by atoms with van der Waals surface area (Å²) in [5.41, 5.74) is 2.11. The molecule has 146 valence electrons. The lowest BCUT2D eigenvalue weighted by Crippen LogP contribution is -2.17. The van der Waals surface area contributed by atoms with Crippen molar-refractivity contribution < 1.29 is 14.3 Å². The monoisotopic (exact) mass is 383 g/mol. The van der Waals surface area contributed by atoms with Gasteiger partial charge in [-0.15, -0.1) is 5.10 Å². The molecule has 0 unspecified atom stereocenters. The van der Waals surface area contributed by atoms with Crippen molar-refractivity contribution in [3.05, 3.63) is 41.2 Å². The van der Waals surface area contributed by atoms with Crippen molar-refractivity contribution in [3.8, 4) is 11.4 Å². The predicted molar refractivity (Wildman–Crippen MR) is 101 cm³/mol. The lowest BCUT2D eigenvalue weighted by atomic mass is 10.1. The van der Waals surface area contributed by atoms with Crippen LogP contribution < -0.4 is 5.32 Å². The quantitative estimate of drug-likeness (QED) is 0.670. The average molecular weight is 383 g/mol. The molecule has 1 N–H and O–H groups in total. The average Bonchev–Trinajstić information content (AvgIpc) is 3.26. The van der Waals surface area contributed by atoms with E-state index in [-0.39, 0.29) is 17.6 Å². The fourth-order valence-corrected chi connectivity index (χ4v) is 2.86. The van der Waals surface area contributed by atoms with E-state index in [1.54, 1.807) is 36.9 Å². The Morgan fingerprint density at radius 2 is 2.00 bits per heavy atom. The largest absolute Gasteiger partial charge is 0.464 e. The number of tetrazole rings is 1. The van der Waals surface area contributed by atoms with Crippen LogP contribution in [0.2, 0.25) is 0 Å². The van der Waals surface area contributed by atoms with Crippen LogP contribution in [-0.2, 0) is 11.8 Å². The molecule has 2 heterocycles. The van der Waals surface area contributed by atoms with Gasteiger partial charge in [-0.2, -0.15) is 5.10 Å². The van der Waals surface area contributed by atoms with Crippen molar-refractivity contribution in [2.45, 2.75) is 26.8 Å². The highest BCUT2D eigenvalue weighted by atomic mass is 16.5. The molecule has 1 amide bonds. The molecule has 0 aliphatic carbocycles. The summed E-state index contributed by atoms with van der Waals surface area (Å²) in [6.07, 6.45) is 0. The van der Waals surface area contributed by atoms with Crippen molar-refractivity contribution in [2.75, 3.05) is 12.4 Å². The number of nitrogens with zero attached hydrogens (tertiary/aromatic N) is 6. The molecule has 28 heavy (non-hydrogen) atoms. The first-order chi connectivity index (χ1) is 13.3. The zero-order chi connectivity index (χ0) is 20.4. The number of nitrogens with one attached hydrogen (secondary N) is 1. The van der Waals surface area contributed by atoms with Gasteiger partial charge in [0.2, 0.25) is 0 Å². The van der Waals surface area contributed by atoms with Crippen molar-refractivity contribution >= 4 is 17.6 Å². The van der Waals surface area contributed by atoms with E-state index >= 15 is 0 Å². The van der Waals surface area contributed by atoms with E-state index < -0.39 is 5.97 Å². The number of amides is 1. The number of hydrogen-bond donors (Lipinski definition) is 1. The van der Waals surface area contributed by atoms with Crippen LogP contribution in [-0.4, -0.2) is 49.0 Å². The van der Waals surface area contributed by atoms with Crippen molar-refractivity contribution in [3.63, 3.8) is 0 Å². The minimum atomic E-state index is -0.580. The van der Waals surface area contributed by atoms with Crippen LogP contribution >= 0.6 is 0 Å². The van der Waals surface area contributed by atoms with Gasteiger partial charge >= 0.3 is 5.97 Å². The molecule has 1 aromatic carbocycles. The number of hydrogen-bond acceptors (Lipinski definition) is 7. The molecule has 0 radical (unpaired) electrons. The standard InChI is InChI=1S/C18H21N7O3/c1-10(2)25-16(20-22-23-25)12-7-6-8-13(9-12)17(26)19-14-11(3)21-24(4)15(14)18(27)28-5/h6-10H,1-5H3,(H,19,26). The number of benzene rings is 1. The lowest BCUT2D eigenvalue weighted by molar-refractivity contribution is 0.0589. The molecule has 2 aromatic heterocycles. The highest BCUT2D eigenvalue weighted by Gasteiger charge is 2.23. The normalized spacial score (nSPS) is 10.9. The number of carbonyl (C=O) groups is 2. The Labute approximate surface area is 161 Å². The minimum absolute atomic E-state index is 0.0724. The van der Waals surface area contributed by atoms with Crippen LogP contribution in [0.5, 0.6) is 0 Å². The molecule has 0 aliphatic rings. The summed E-state index contributed by atoms with van der Waals surface area (Å²) in [6, 6.07) is 7.02. The SMILES string of the molecule is COC(=O)c1c(NC(=O)c2cccc(-c3nnnn3C(C)C)c2)c(C)nn1C. The fraction of sp³-hybridized carbons (Fsp3) is 0.333. The Kier molecular flexibility index (Phi) is 5.21. The Bertz CT molecular complexity index is 1040. The van der Waals surface area contributed by atoms with E-state index in [4.69, 9.17) is 4.74 Å². The number of anilines is 1. The third-order valence-electron chi connectivity index (χ3n) is 4.20. The smallest absolute Gasteiger partial charge is 0.358 e. The number of rotatable bonds is 5. The number of methoxy groups -OCH3 is 1. The van der Waals surface area contributed by atoms with Crippen LogP contribution in [0, 0.1) is 6.92 Å². The van der Waals surface area contributed by atoms with Crippen molar-refractivity contribution in [2.24, 2.45) is 7.05 Å². The van der Waals surface area contributed by atoms with Gasteiger partial charge in [0.1, 0.15) is 0 Å². The van der Waals surface area contributed by atoms with Crippen LogP contribution in [0.4, 0.5) is 5.69 Å². The van der Waals surface area contributed by atoms with Gasteiger partial charge in [0.25, 0.3) is 5.91 Å². The second-order valence-electron chi connectivity index (χ2n) is 6.50. The summed E-state index contributed by atoms with van der Waals surface area (Å²) >= 11 is 0. The number of ether oxygens (including phenoxy) is 1. The zero-order valence-corrected chi connectivity index (χ0v) is 16.3. The van der Waals surface area contributed by atoms with E-state index in [1.165, 1.54) is 11.8 Å². The topological polar surface area (TPSA) is 117 Å². The molecule has 0 spiro atoms. The third kappa shape index (κ3) is 3.48. The number of aromatic nitrogens is 6. The van der Waals surface area contributed by atoms with Gasteiger partial charge in [0.05, 0.1) is 24.5 Å². The Morgan fingerprint density at radius 1 is 1.25 bits per heavy atom. The van der Waals surface area contributed by atoms with Gasteiger partial charge in [-0.1, -0.05) is 12.1 Å². The molecule has 0 aliphatic heterocycles. The van der Waals surface area contributed by atoms with Gasteiger partial charge in [-0.3, -0.25) is 9.48 Å². The zero-order valence-electron chi connectivity index (χ0n) is 16.3. The number of carbonyl (C=O) groups excluding carboxylic acids is 2. The number of aryl methyl sites for hydroxylation is 2. The third-order valence-corrected chi connectivity index (χ3v) is 4.20. The van der Waals surface area contributed by atoms with E-state index in [0.717, 1.165) is 0 Å². The van der Waals surface area contributed by atoms with E-state index in [9.17, 15) is 9.59 Å². The molecule has 0 atom stereocenters. The predicted octanol–water partition coefficient (Wildman–Crippen LogP) is 2.00. The van der Waals surface area contributed by atoms with Crippen LogP contribution in [0.25, 0.3) is 11.4 Å². The molecule has 0 saturated carbocycles. The molecular formula is C18H21N7O3. The summed E-state index contributed by atoms with van der Waals surface area (Å²) in [5, 5.41) is 18.7. The Balaban J connectivity index is 1.93. The van der Waals surface area contributed by atoms with E-state index in [2.05, 4.69) is 25.9 Å². The molecule has 0 saturated heterocycles. The summed E-state index contributed by atoms with van der Waals surface area (Å²) < 4.78 is 7.84. The number of esters is 1. The minimum Gasteiger partial charge on any atom is -0.464 e. The van der Waals surface area contributed by atoms with Gasteiger partial charge in [-0.25, -0.2) is 9.48 Å². The van der Waals surface area contributed by atoms with Gasteiger partial charge in [-0.05, 0) is 43.3 Å². The van der Waals surface area contributed by atoms with E-state index in [0.29, 0.717) is 28.3 Å². The van der Waals surface area contributed by atoms with Gasteiger partial charge in [0, 0.05) is 18.2 Å². The molecule has 0 fully saturated rings.